The average Bonchev–Trinajstić information content (AvgIpc) is 2.50. The second kappa shape index (κ2) is 8.23. The molecule has 2 saturated heterocycles. The van der Waals surface area contributed by atoms with Crippen LogP contribution in [0.1, 0.15) is 37.2 Å². The summed E-state index contributed by atoms with van der Waals surface area (Å²) in [6, 6.07) is 4.19. The molecule has 1 N–H and O–H groups in total. The van der Waals surface area contributed by atoms with Gasteiger partial charge in [-0.1, -0.05) is 6.07 Å². The zero-order chi connectivity index (χ0) is 14.7. The van der Waals surface area contributed by atoms with Gasteiger partial charge in [0, 0.05) is 12.1 Å². The molecule has 2 fully saturated rings. The summed E-state index contributed by atoms with van der Waals surface area (Å²) in [4.78, 5) is 2.47. The zero-order valence-electron chi connectivity index (χ0n) is 12.9. The van der Waals surface area contributed by atoms with Crippen molar-refractivity contribution < 1.29 is 8.78 Å². The van der Waals surface area contributed by atoms with E-state index in [9.17, 15) is 8.78 Å². The molecule has 0 aromatic heterocycles. The largest absolute Gasteiger partial charge is 0.316 e. The Kier molecular flexibility index (Phi) is 6.60. The number of hydrogen-bond donors (Lipinski definition) is 1. The second-order valence-corrected chi connectivity index (χ2v) is 6.42. The Labute approximate surface area is 137 Å². The Morgan fingerprint density at radius 2 is 1.77 bits per heavy atom. The molecule has 0 bridgehead atoms. The van der Waals surface area contributed by atoms with Crippen LogP contribution >= 0.6 is 12.4 Å². The Bertz CT molecular complexity index is 449. The highest BCUT2D eigenvalue weighted by Crippen LogP contribution is 2.32. The lowest BCUT2D eigenvalue weighted by molar-refractivity contribution is 0.167. The highest BCUT2D eigenvalue weighted by Gasteiger charge is 2.26. The molecular formula is C17H25ClF2N2. The van der Waals surface area contributed by atoms with Gasteiger partial charge < -0.3 is 10.2 Å². The van der Waals surface area contributed by atoms with Crippen LogP contribution in [0.5, 0.6) is 0 Å². The smallest absolute Gasteiger partial charge is 0.129 e. The van der Waals surface area contributed by atoms with E-state index in [0.717, 1.165) is 51.5 Å². The summed E-state index contributed by atoms with van der Waals surface area (Å²) in [6.45, 7) is 5.29. The lowest BCUT2D eigenvalue weighted by atomic mass is 9.88. The zero-order valence-corrected chi connectivity index (χ0v) is 13.7. The first-order valence-corrected chi connectivity index (χ1v) is 8.11. The van der Waals surface area contributed by atoms with E-state index in [2.05, 4.69) is 10.2 Å². The molecule has 1 aromatic carbocycles. The fourth-order valence-electron chi connectivity index (χ4n) is 3.75. The third kappa shape index (κ3) is 4.18. The number of nitrogens with one attached hydrogen (secondary N) is 1. The number of piperidine rings is 2. The molecule has 2 heterocycles. The van der Waals surface area contributed by atoms with E-state index in [1.165, 1.54) is 31.0 Å². The van der Waals surface area contributed by atoms with E-state index >= 15 is 0 Å². The standard InChI is InChI=1S/C17H24F2N2.ClH/c18-15-4-1-5-16(19)17(15)14-6-9-21(10-7-14)12-13-3-2-8-20-11-13;/h1,4-5,13-14,20H,2-3,6-12H2;1H. The summed E-state index contributed by atoms with van der Waals surface area (Å²) in [7, 11) is 0. The lowest BCUT2D eigenvalue weighted by Gasteiger charge is -2.35. The van der Waals surface area contributed by atoms with Crippen molar-refractivity contribution in [1.29, 1.82) is 0 Å². The van der Waals surface area contributed by atoms with Crippen LogP contribution in [-0.2, 0) is 0 Å². The van der Waals surface area contributed by atoms with Gasteiger partial charge in [0.2, 0.25) is 0 Å². The molecule has 0 amide bonds. The highest BCUT2D eigenvalue weighted by molar-refractivity contribution is 5.85. The van der Waals surface area contributed by atoms with Gasteiger partial charge in [0.05, 0.1) is 0 Å². The van der Waals surface area contributed by atoms with Crippen molar-refractivity contribution in [2.45, 2.75) is 31.6 Å². The summed E-state index contributed by atoms with van der Waals surface area (Å²) < 4.78 is 27.7. The summed E-state index contributed by atoms with van der Waals surface area (Å²) in [5.41, 5.74) is 0.302. The number of likely N-dealkylation sites (tertiary alicyclic amines) is 1. The molecule has 124 valence electrons. The molecular weight excluding hydrogens is 306 g/mol. The van der Waals surface area contributed by atoms with Crippen LogP contribution in [0, 0.1) is 17.6 Å². The van der Waals surface area contributed by atoms with E-state index in [-0.39, 0.29) is 30.0 Å². The van der Waals surface area contributed by atoms with Crippen LogP contribution in [0.25, 0.3) is 0 Å². The van der Waals surface area contributed by atoms with Gasteiger partial charge in [0.1, 0.15) is 11.6 Å². The number of nitrogens with zero attached hydrogens (tertiary/aromatic N) is 1. The van der Waals surface area contributed by atoms with Gasteiger partial charge in [-0.25, -0.2) is 8.78 Å². The molecule has 0 aliphatic carbocycles. The molecule has 1 aromatic rings. The van der Waals surface area contributed by atoms with Crippen LogP contribution in [0.15, 0.2) is 18.2 Å². The maximum Gasteiger partial charge on any atom is 0.129 e. The first-order valence-electron chi connectivity index (χ1n) is 8.11. The molecule has 3 rings (SSSR count). The van der Waals surface area contributed by atoms with Gasteiger partial charge >= 0.3 is 0 Å². The van der Waals surface area contributed by atoms with Gasteiger partial charge in [-0.3, -0.25) is 0 Å². The van der Waals surface area contributed by atoms with Gasteiger partial charge in [-0.05, 0) is 75.8 Å². The van der Waals surface area contributed by atoms with E-state index in [1.54, 1.807) is 0 Å². The quantitative estimate of drug-likeness (QED) is 0.911. The minimum Gasteiger partial charge on any atom is -0.316 e. The van der Waals surface area contributed by atoms with Crippen molar-refractivity contribution in [1.82, 2.24) is 10.2 Å². The van der Waals surface area contributed by atoms with Gasteiger partial charge in [0.15, 0.2) is 0 Å². The van der Waals surface area contributed by atoms with Crippen molar-refractivity contribution in [2.24, 2.45) is 5.92 Å². The molecule has 0 spiro atoms. The molecule has 0 radical (unpaired) electrons. The number of rotatable bonds is 3. The van der Waals surface area contributed by atoms with Crippen LogP contribution in [-0.4, -0.2) is 37.6 Å². The highest BCUT2D eigenvalue weighted by atomic mass is 35.5. The van der Waals surface area contributed by atoms with Crippen molar-refractivity contribution in [3.8, 4) is 0 Å². The Morgan fingerprint density at radius 1 is 1.09 bits per heavy atom. The SMILES string of the molecule is Cl.Fc1cccc(F)c1C1CCN(CC2CCCNC2)CC1. The van der Waals surface area contributed by atoms with Gasteiger partial charge in [-0.2, -0.15) is 0 Å². The van der Waals surface area contributed by atoms with Crippen LogP contribution in [0.2, 0.25) is 0 Å². The van der Waals surface area contributed by atoms with Crippen LogP contribution < -0.4 is 5.32 Å². The predicted molar refractivity (Wildman–Crippen MR) is 87.6 cm³/mol. The third-order valence-electron chi connectivity index (χ3n) is 4.91. The maximum atomic E-state index is 13.8. The average molecular weight is 331 g/mol. The van der Waals surface area contributed by atoms with Crippen molar-refractivity contribution in [3.05, 3.63) is 35.4 Å². The van der Waals surface area contributed by atoms with Crippen molar-refractivity contribution in [2.75, 3.05) is 32.7 Å². The van der Waals surface area contributed by atoms with E-state index in [4.69, 9.17) is 0 Å². The fraction of sp³-hybridized carbons (Fsp3) is 0.647. The molecule has 2 aliphatic heterocycles. The molecule has 0 saturated carbocycles. The van der Waals surface area contributed by atoms with E-state index < -0.39 is 0 Å². The topological polar surface area (TPSA) is 15.3 Å². The molecule has 1 atom stereocenters. The van der Waals surface area contributed by atoms with Crippen LogP contribution in [0.4, 0.5) is 8.78 Å². The van der Waals surface area contributed by atoms with E-state index in [1.807, 2.05) is 0 Å². The molecule has 2 nitrogen and oxygen atoms in total. The van der Waals surface area contributed by atoms with Gasteiger partial charge in [-0.15, -0.1) is 12.4 Å². The predicted octanol–water partition coefficient (Wildman–Crippen LogP) is 3.57. The molecule has 5 heteroatoms. The lowest BCUT2D eigenvalue weighted by Crippen LogP contribution is -2.41. The number of benzene rings is 1. The summed E-state index contributed by atoms with van der Waals surface area (Å²) >= 11 is 0. The Morgan fingerprint density at radius 3 is 2.36 bits per heavy atom. The number of hydrogen-bond acceptors (Lipinski definition) is 2. The van der Waals surface area contributed by atoms with E-state index in [0.29, 0.717) is 5.56 Å². The van der Waals surface area contributed by atoms with Crippen molar-refractivity contribution in [3.63, 3.8) is 0 Å². The molecule has 2 aliphatic rings. The summed E-state index contributed by atoms with van der Waals surface area (Å²) in [5.74, 6) is 0.00212. The molecule has 1 unspecified atom stereocenters. The second-order valence-electron chi connectivity index (χ2n) is 6.42. The normalized spacial score (nSPS) is 24.0. The maximum absolute atomic E-state index is 13.8. The Balaban J connectivity index is 0.00000176. The van der Waals surface area contributed by atoms with Crippen molar-refractivity contribution >= 4 is 12.4 Å². The van der Waals surface area contributed by atoms with Gasteiger partial charge in [0.25, 0.3) is 0 Å². The number of halogens is 3. The first kappa shape index (κ1) is 17.6. The Hall–Kier alpha value is -0.710. The minimum atomic E-state index is -0.384. The first-order chi connectivity index (χ1) is 10.2. The van der Waals surface area contributed by atoms with Crippen LogP contribution in [0.3, 0.4) is 0 Å². The minimum absolute atomic E-state index is 0. The third-order valence-corrected chi connectivity index (χ3v) is 4.91. The monoisotopic (exact) mass is 330 g/mol. The molecule has 22 heavy (non-hydrogen) atoms. The summed E-state index contributed by atoms with van der Waals surface area (Å²) in [5, 5.41) is 3.45. The fourth-order valence-corrected chi connectivity index (χ4v) is 3.75. The summed E-state index contributed by atoms with van der Waals surface area (Å²) in [6.07, 6.45) is 4.28.